The molecule has 1 unspecified atom stereocenters. The fraction of sp³-hybridized carbons (Fsp3) is 0.667. The molecule has 0 radical (unpaired) electrons. The summed E-state index contributed by atoms with van der Waals surface area (Å²) in [6.45, 7) is 7.10. The maximum atomic E-state index is 14.3. The molecule has 0 aromatic heterocycles. The zero-order valence-corrected chi connectivity index (χ0v) is 21.6. The van der Waals surface area contributed by atoms with Crippen LogP contribution in [0, 0.1) is 17.2 Å². The largest absolute Gasteiger partial charge is 0.490 e. The number of benzene rings is 1. The summed E-state index contributed by atoms with van der Waals surface area (Å²) in [7, 11) is -1.32. The topological polar surface area (TPSA) is 79.8 Å². The Morgan fingerprint density at radius 3 is 2.57 bits per heavy atom. The first-order chi connectivity index (χ1) is 13.5. The number of aliphatic imine (C=N–C) groups is 1. The van der Waals surface area contributed by atoms with Crippen molar-refractivity contribution in [3.05, 3.63) is 29.6 Å². The second kappa shape index (κ2) is 11.5. The minimum absolute atomic E-state index is 0. The predicted molar refractivity (Wildman–Crippen MR) is 131 cm³/mol. The molecule has 6 nitrogen and oxygen atoms in total. The van der Waals surface area contributed by atoms with E-state index in [-0.39, 0.29) is 47.0 Å². The molecule has 2 rings (SSSR count). The first-order valence-electron chi connectivity index (χ1n) is 10.1. The number of nitrogens with one attached hydrogen (secondary N) is 2. The molecule has 2 N–H and O–H groups in total. The Labute approximate surface area is 197 Å². The zero-order chi connectivity index (χ0) is 21.7. The molecule has 30 heavy (non-hydrogen) atoms. The third-order valence-corrected chi connectivity index (χ3v) is 6.03. The maximum Gasteiger partial charge on any atom is 0.191 e. The van der Waals surface area contributed by atoms with Gasteiger partial charge in [-0.15, -0.1) is 24.0 Å². The van der Waals surface area contributed by atoms with Gasteiger partial charge in [0.25, 0.3) is 0 Å². The van der Waals surface area contributed by atoms with Crippen LogP contribution in [0.2, 0.25) is 0 Å². The van der Waals surface area contributed by atoms with Crippen molar-refractivity contribution >= 4 is 39.8 Å². The number of halogens is 2. The Morgan fingerprint density at radius 1 is 1.37 bits per heavy atom. The van der Waals surface area contributed by atoms with Gasteiger partial charge in [-0.05, 0) is 55.2 Å². The van der Waals surface area contributed by atoms with E-state index < -0.39 is 9.84 Å². The van der Waals surface area contributed by atoms with Gasteiger partial charge in [0, 0.05) is 19.8 Å². The van der Waals surface area contributed by atoms with Crippen LogP contribution in [-0.4, -0.2) is 46.6 Å². The Balaban J connectivity index is 0.00000450. The monoisotopic (exact) mass is 555 g/mol. The summed E-state index contributed by atoms with van der Waals surface area (Å²) >= 11 is 0. The van der Waals surface area contributed by atoms with Crippen LogP contribution in [0.4, 0.5) is 4.39 Å². The van der Waals surface area contributed by atoms with Crippen LogP contribution >= 0.6 is 24.0 Å². The first kappa shape index (κ1) is 26.9. The van der Waals surface area contributed by atoms with Crippen molar-refractivity contribution in [2.45, 2.75) is 46.1 Å². The molecule has 1 atom stereocenters. The summed E-state index contributed by atoms with van der Waals surface area (Å²) < 4.78 is 42.7. The molecular weight excluding hydrogens is 520 g/mol. The summed E-state index contributed by atoms with van der Waals surface area (Å²) in [4.78, 5) is 4.22. The van der Waals surface area contributed by atoms with E-state index in [4.69, 9.17) is 4.74 Å². The average molecular weight is 555 g/mol. The first-order valence-corrected chi connectivity index (χ1v) is 12.1. The van der Waals surface area contributed by atoms with Crippen molar-refractivity contribution in [1.29, 1.82) is 0 Å². The Bertz CT molecular complexity index is 827. The SMILES string of the molecule is CN=C(NCC(C)(C)CCS(C)(=O)=O)NC(C)c1ccc(OCC2CC2)c(F)c1.I. The van der Waals surface area contributed by atoms with Crippen LogP contribution in [-0.2, 0) is 9.84 Å². The smallest absolute Gasteiger partial charge is 0.191 e. The van der Waals surface area contributed by atoms with Gasteiger partial charge in [-0.3, -0.25) is 4.99 Å². The van der Waals surface area contributed by atoms with Crippen molar-refractivity contribution < 1.29 is 17.5 Å². The van der Waals surface area contributed by atoms with Crippen LogP contribution in [0.15, 0.2) is 23.2 Å². The minimum atomic E-state index is -2.99. The molecule has 0 saturated heterocycles. The minimum Gasteiger partial charge on any atom is -0.490 e. The molecule has 1 aliphatic rings. The van der Waals surface area contributed by atoms with Crippen molar-refractivity contribution in [2.75, 3.05) is 32.2 Å². The molecule has 9 heteroatoms. The standard InChI is InChI=1S/C21H34FN3O3S.HI/c1-15(17-8-9-19(18(22)12-17)28-13-16-6-7-16)25-20(23-4)24-14-21(2,3)10-11-29(5,26)27;/h8-9,12,15-16H,6-7,10-11,13-14H2,1-5H3,(H2,23,24,25);1H. The third-order valence-electron chi connectivity index (χ3n) is 5.09. The van der Waals surface area contributed by atoms with E-state index in [9.17, 15) is 12.8 Å². The van der Waals surface area contributed by atoms with E-state index in [1.807, 2.05) is 26.8 Å². The van der Waals surface area contributed by atoms with E-state index in [1.165, 1.54) is 12.3 Å². The maximum absolute atomic E-state index is 14.3. The fourth-order valence-electron chi connectivity index (χ4n) is 2.75. The highest BCUT2D eigenvalue weighted by molar-refractivity contribution is 14.0. The molecule has 1 aromatic carbocycles. The average Bonchev–Trinajstić information content (AvgIpc) is 3.46. The molecule has 172 valence electrons. The number of sulfone groups is 1. The number of nitrogens with zero attached hydrogens (tertiary/aromatic N) is 1. The lowest BCUT2D eigenvalue weighted by Crippen LogP contribution is -2.43. The molecule has 0 bridgehead atoms. The second-order valence-corrected chi connectivity index (χ2v) is 11.0. The van der Waals surface area contributed by atoms with Crippen molar-refractivity contribution in [3.63, 3.8) is 0 Å². The quantitative estimate of drug-likeness (QED) is 0.260. The van der Waals surface area contributed by atoms with Gasteiger partial charge in [0.2, 0.25) is 0 Å². The number of hydrogen-bond acceptors (Lipinski definition) is 4. The zero-order valence-electron chi connectivity index (χ0n) is 18.5. The fourth-order valence-corrected chi connectivity index (χ4v) is 3.68. The van der Waals surface area contributed by atoms with Gasteiger partial charge in [-0.2, -0.15) is 0 Å². The molecule has 1 aromatic rings. The third kappa shape index (κ3) is 9.80. The Hall–Kier alpha value is -1.10. The van der Waals surface area contributed by atoms with Crippen molar-refractivity contribution in [2.24, 2.45) is 16.3 Å². The van der Waals surface area contributed by atoms with E-state index >= 15 is 0 Å². The van der Waals surface area contributed by atoms with Crippen LogP contribution in [0.1, 0.15) is 51.6 Å². The number of rotatable bonds is 10. The van der Waals surface area contributed by atoms with Gasteiger partial charge in [-0.1, -0.05) is 19.9 Å². The Kier molecular flexibility index (Phi) is 10.3. The van der Waals surface area contributed by atoms with E-state index in [1.54, 1.807) is 13.1 Å². The summed E-state index contributed by atoms with van der Waals surface area (Å²) in [5.41, 5.74) is 0.580. The van der Waals surface area contributed by atoms with Gasteiger partial charge in [0.05, 0.1) is 18.4 Å². The van der Waals surface area contributed by atoms with Gasteiger partial charge in [0.15, 0.2) is 17.5 Å². The van der Waals surface area contributed by atoms with Crippen molar-refractivity contribution in [1.82, 2.24) is 10.6 Å². The van der Waals surface area contributed by atoms with E-state index in [0.29, 0.717) is 37.2 Å². The molecule has 0 aliphatic heterocycles. The lowest BCUT2D eigenvalue weighted by molar-refractivity contribution is 0.285. The van der Waals surface area contributed by atoms with Crippen LogP contribution < -0.4 is 15.4 Å². The van der Waals surface area contributed by atoms with Crippen LogP contribution in [0.5, 0.6) is 5.75 Å². The lowest BCUT2D eigenvalue weighted by Gasteiger charge is -2.27. The lowest BCUT2D eigenvalue weighted by atomic mass is 9.90. The highest BCUT2D eigenvalue weighted by Gasteiger charge is 2.23. The molecule has 1 fully saturated rings. The van der Waals surface area contributed by atoms with Crippen LogP contribution in [0.25, 0.3) is 0 Å². The molecular formula is C21H35FIN3O3S. The summed E-state index contributed by atoms with van der Waals surface area (Å²) in [5.74, 6) is 1.24. The molecule has 0 amide bonds. The highest BCUT2D eigenvalue weighted by Crippen LogP contribution is 2.30. The van der Waals surface area contributed by atoms with Crippen molar-refractivity contribution in [3.8, 4) is 5.75 Å². The number of ether oxygens (including phenoxy) is 1. The normalized spacial score (nSPS) is 15.9. The molecule has 1 aliphatic carbocycles. The van der Waals surface area contributed by atoms with Gasteiger partial charge in [-0.25, -0.2) is 12.8 Å². The number of hydrogen-bond donors (Lipinski definition) is 2. The molecule has 1 saturated carbocycles. The van der Waals surface area contributed by atoms with Gasteiger partial charge < -0.3 is 15.4 Å². The molecule has 0 heterocycles. The summed E-state index contributed by atoms with van der Waals surface area (Å²) in [6.07, 6.45) is 4.13. The van der Waals surface area contributed by atoms with Crippen LogP contribution in [0.3, 0.4) is 0 Å². The van der Waals surface area contributed by atoms with E-state index in [0.717, 1.165) is 18.4 Å². The number of guanidine groups is 1. The Morgan fingerprint density at radius 2 is 2.03 bits per heavy atom. The highest BCUT2D eigenvalue weighted by atomic mass is 127. The molecule has 0 spiro atoms. The predicted octanol–water partition coefficient (Wildman–Crippen LogP) is 3.92. The summed E-state index contributed by atoms with van der Waals surface area (Å²) in [5, 5.41) is 6.49. The van der Waals surface area contributed by atoms with Gasteiger partial charge in [0.1, 0.15) is 9.84 Å². The second-order valence-electron chi connectivity index (χ2n) is 8.78. The summed E-state index contributed by atoms with van der Waals surface area (Å²) in [6, 6.07) is 4.86. The van der Waals surface area contributed by atoms with E-state index in [2.05, 4.69) is 15.6 Å². The van der Waals surface area contributed by atoms with Gasteiger partial charge >= 0.3 is 0 Å².